The first-order valence-electron chi connectivity index (χ1n) is 11.7. The van der Waals surface area contributed by atoms with Crippen molar-refractivity contribution in [1.82, 2.24) is 19.6 Å². The highest BCUT2D eigenvalue weighted by molar-refractivity contribution is 7.89. The summed E-state index contributed by atoms with van der Waals surface area (Å²) in [6, 6.07) is 15.4. The van der Waals surface area contributed by atoms with Gasteiger partial charge in [0.05, 0.1) is 4.90 Å². The Labute approximate surface area is 201 Å². The van der Waals surface area contributed by atoms with Crippen molar-refractivity contribution < 1.29 is 18.4 Å². The molecule has 0 radical (unpaired) electrons. The summed E-state index contributed by atoms with van der Waals surface area (Å²) in [7, 11) is -3.66. The number of likely N-dealkylation sites (N-methyl/N-ethyl adjacent to an activating group) is 1. The second kappa shape index (κ2) is 10.8. The average Bonchev–Trinajstić information content (AvgIpc) is 2.89. The van der Waals surface area contributed by atoms with Crippen LogP contribution in [0.1, 0.15) is 18.9 Å². The third kappa shape index (κ3) is 5.56. The molecule has 1 saturated heterocycles. The molecule has 2 N–H and O–H groups in total. The Hall–Kier alpha value is -2.56. The van der Waals surface area contributed by atoms with E-state index in [9.17, 15) is 13.2 Å². The molecule has 2 aromatic rings. The highest BCUT2D eigenvalue weighted by Crippen LogP contribution is 2.25. The molecule has 2 aliphatic rings. The number of hydrogen-bond donors (Lipinski definition) is 2. The largest absolute Gasteiger partial charge is 0.301 e. The maximum absolute atomic E-state index is 13.0. The van der Waals surface area contributed by atoms with E-state index in [4.69, 9.17) is 5.21 Å². The van der Waals surface area contributed by atoms with Gasteiger partial charge >= 0.3 is 0 Å². The molecule has 2 aliphatic heterocycles. The molecular formula is C25H32N4O4S. The van der Waals surface area contributed by atoms with Crippen molar-refractivity contribution in [2.24, 2.45) is 0 Å². The molecule has 8 nitrogen and oxygen atoms in total. The number of rotatable bonds is 7. The van der Waals surface area contributed by atoms with Crippen molar-refractivity contribution in [3.05, 3.63) is 65.7 Å². The van der Waals surface area contributed by atoms with E-state index in [0.717, 1.165) is 50.4 Å². The standard InChI is InChI=1S/C25H32N4O4S/c1-2-27-15-17-28(18-16-27)19-20-3-5-21(6-4-20)22-7-9-24(10-8-22)34(32,33)29-13-11-23(12-14-29)25(30)26-31/h3-11,31H,2,12-19H2,1H3,(H,26,30). The molecule has 182 valence electrons. The van der Waals surface area contributed by atoms with Crippen LogP contribution in [0.5, 0.6) is 0 Å². The van der Waals surface area contributed by atoms with Gasteiger partial charge in [-0.3, -0.25) is 14.9 Å². The smallest absolute Gasteiger partial charge is 0.270 e. The molecule has 34 heavy (non-hydrogen) atoms. The minimum atomic E-state index is -3.66. The SMILES string of the molecule is CCN1CCN(Cc2ccc(-c3ccc(S(=O)(=O)N4CC=C(C(=O)NO)CC4)cc3)cc2)CC1. The van der Waals surface area contributed by atoms with E-state index in [1.165, 1.54) is 15.9 Å². The topological polar surface area (TPSA) is 93.2 Å². The summed E-state index contributed by atoms with van der Waals surface area (Å²) < 4.78 is 27.3. The van der Waals surface area contributed by atoms with Crippen LogP contribution in [0.15, 0.2) is 65.1 Å². The van der Waals surface area contributed by atoms with Crippen LogP contribution < -0.4 is 5.48 Å². The number of piperazine rings is 1. The van der Waals surface area contributed by atoms with Gasteiger partial charge in [0.15, 0.2) is 0 Å². The number of hydrogen-bond acceptors (Lipinski definition) is 6. The van der Waals surface area contributed by atoms with Crippen molar-refractivity contribution >= 4 is 15.9 Å². The Morgan fingerprint density at radius 1 is 0.912 bits per heavy atom. The number of benzene rings is 2. The molecule has 0 bridgehead atoms. The Kier molecular flexibility index (Phi) is 7.80. The first kappa shape index (κ1) is 24.6. The van der Waals surface area contributed by atoms with Crippen LogP contribution in [-0.4, -0.2) is 79.5 Å². The first-order valence-corrected chi connectivity index (χ1v) is 13.1. The molecule has 0 atom stereocenters. The highest BCUT2D eigenvalue weighted by Gasteiger charge is 2.27. The lowest BCUT2D eigenvalue weighted by molar-refractivity contribution is -0.125. The number of nitrogens with one attached hydrogen (secondary N) is 1. The normalized spacial score (nSPS) is 18.5. The molecule has 2 aromatic carbocycles. The van der Waals surface area contributed by atoms with E-state index in [-0.39, 0.29) is 24.4 Å². The maximum Gasteiger partial charge on any atom is 0.270 e. The first-order chi connectivity index (χ1) is 16.4. The summed E-state index contributed by atoms with van der Waals surface area (Å²) in [5.74, 6) is -0.591. The number of carbonyl (C=O) groups excluding carboxylic acids is 1. The Morgan fingerprint density at radius 3 is 2.03 bits per heavy atom. The van der Waals surface area contributed by atoms with Gasteiger partial charge in [-0.05, 0) is 41.8 Å². The van der Waals surface area contributed by atoms with Crippen molar-refractivity contribution in [3.8, 4) is 11.1 Å². The minimum Gasteiger partial charge on any atom is -0.301 e. The van der Waals surface area contributed by atoms with Gasteiger partial charge in [-0.15, -0.1) is 0 Å². The lowest BCUT2D eigenvalue weighted by Gasteiger charge is -2.34. The van der Waals surface area contributed by atoms with Crippen molar-refractivity contribution in [3.63, 3.8) is 0 Å². The molecule has 0 aromatic heterocycles. The lowest BCUT2D eigenvalue weighted by atomic mass is 10.0. The number of amides is 1. The third-order valence-electron chi connectivity index (χ3n) is 6.66. The summed E-state index contributed by atoms with van der Waals surface area (Å²) in [4.78, 5) is 16.7. The summed E-state index contributed by atoms with van der Waals surface area (Å²) in [5, 5.41) is 8.74. The highest BCUT2D eigenvalue weighted by atomic mass is 32.2. The zero-order valence-electron chi connectivity index (χ0n) is 19.5. The van der Waals surface area contributed by atoms with E-state index in [0.29, 0.717) is 5.57 Å². The lowest BCUT2D eigenvalue weighted by Crippen LogP contribution is -2.45. The quantitative estimate of drug-likeness (QED) is 0.463. The van der Waals surface area contributed by atoms with E-state index in [2.05, 4.69) is 41.0 Å². The molecule has 0 saturated carbocycles. The fourth-order valence-corrected chi connectivity index (χ4v) is 5.82. The summed E-state index contributed by atoms with van der Waals surface area (Å²) in [6.07, 6.45) is 1.79. The Morgan fingerprint density at radius 2 is 1.50 bits per heavy atom. The van der Waals surface area contributed by atoms with Gasteiger partial charge in [0.2, 0.25) is 10.0 Å². The molecular weight excluding hydrogens is 452 g/mol. The van der Waals surface area contributed by atoms with Crippen LogP contribution >= 0.6 is 0 Å². The zero-order chi connectivity index (χ0) is 24.1. The molecule has 1 fully saturated rings. The molecule has 4 rings (SSSR count). The minimum absolute atomic E-state index is 0.0990. The summed E-state index contributed by atoms with van der Waals surface area (Å²) in [5.41, 5.74) is 5.26. The fraction of sp³-hybridized carbons (Fsp3) is 0.400. The predicted molar refractivity (Wildman–Crippen MR) is 131 cm³/mol. The van der Waals surface area contributed by atoms with Crippen LogP contribution in [0.25, 0.3) is 11.1 Å². The van der Waals surface area contributed by atoms with Crippen molar-refractivity contribution in [1.29, 1.82) is 0 Å². The monoisotopic (exact) mass is 484 g/mol. The molecule has 0 aliphatic carbocycles. The summed E-state index contributed by atoms with van der Waals surface area (Å²) >= 11 is 0. The van der Waals surface area contributed by atoms with E-state index < -0.39 is 15.9 Å². The van der Waals surface area contributed by atoms with E-state index >= 15 is 0 Å². The molecule has 0 spiro atoms. The zero-order valence-corrected chi connectivity index (χ0v) is 20.3. The van der Waals surface area contributed by atoms with Crippen LogP contribution in [0.4, 0.5) is 0 Å². The van der Waals surface area contributed by atoms with Gasteiger partial charge in [-0.1, -0.05) is 49.4 Å². The van der Waals surface area contributed by atoms with Gasteiger partial charge in [0.1, 0.15) is 0 Å². The molecule has 0 unspecified atom stereocenters. The van der Waals surface area contributed by atoms with E-state index in [1.54, 1.807) is 17.6 Å². The van der Waals surface area contributed by atoms with Gasteiger partial charge in [0, 0.05) is 51.4 Å². The molecule has 2 heterocycles. The second-order valence-corrected chi connectivity index (χ2v) is 10.7. The Bertz CT molecular complexity index is 1120. The van der Waals surface area contributed by atoms with Crippen LogP contribution in [0.3, 0.4) is 0 Å². The van der Waals surface area contributed by atoms with Crippen LogP contribution in [0, 0.1) is 0 Å². The predicted octanol–water partition coefficient (Wildman–Crippen LogP) is 2.32. The fourth-order valence-electron chi connectivity index (χ4n) is 4.44. The van der Waals surface area contributed by atoms with Gasteiger partial charge < -0.3 is 4.90 Å². The maximum atomic E-state index is 13.0. The van der Waals surface area contributed by atoms with Crippen molar-refractivity contribution in [2.75, 3.05) is 45.8 Å². The summed E-state index contributed by atoms with van der Waals surface area (Å²) in [6.45, 7) is 8.98. The number of sulfonamides is 1. The van der Waals surface area contributed by atoms with Crippen LogP contribution in [0.2, 0.25) is 0 Å². The number of carbonyl (C=O) groups is 1. The number of nitrogens with zero attached hydrogens (tertiary/aromatic N) is 3. The van der Waals surface area contributed by atoms with Crippen molar-refractivity contribution in [2.45, 2.75) is 24.8 Å². The van der Waals surface area contributed by atoms with Crippen LogP contribution in [-0.2, 0) is 21.4 Å². The van der Waals surface area contributed by atoms with Gasteiger partial charge in [-0.25, -0.2) is 13.9 Å². The van der Waals surface area contributed by atoms with Gasteiger partial charge in [-0.2, -0.15) is 4.31 Å². The average molecular weight is 485 g/mol. The van der Waals surface area contributed by atoms with Gasteiger partial charge in [0.25, 0.3) is 5.91 Å². The second-order valence-electron chi connectivity index (χ2n) is 8.72. The molecule has 1 amide bonds. The third-order valence-corrected chi connectivity index (χ3v) is 8.54. The Balaban J connectivity index is 1.38. The molecule has 9 heteroatoms. The van der Waals surface area contributed by atoms with E-state index in [1.807, 2.05) is 12.1 Å². The number of hydroxylamine groups is 1.